The molecule has 22 heavy (non-hydrogen) atoms. The van der Waals surface area contributed by atoms with Crippen LogP contribution in [0.1, 0.15) is 18.1 Å². The Kier molecular flexibility index (Phi) is 5.09. The number of anilines is 2. The van der Waals surface area contributed by atoms with Gasteiger partial charge in [0.1, 0.15) is 0 Å². The molecule has 2 rings (SSSR count). The molecule has 0 aliphatic rings. The molecule has 0 saturated carbocycles. The highest BCUT2D eigenvalue weighted by atomic mass is 16.2. The molecule has 0 radical (unpaired) electrons. The third kappa shape index (κ3) is 4.31. The Labute approximate surface area is 129 Å². The molecule has 2 aromatic carbocycles. The van der Waals surface area contributed by atoms with Gasteiger partial charge in [0.25, 0.3) is 0 Å². The Bertz CT molecular complexity index is 706. The van der Waals surface area contributed by atoms with Crippen molar-refractivity contribution in [3.63, 3.8) is 0 Å². The van der Waals surface area contributed by atoms with Gasteiger partial charge in [0.15, 0.2) is 0 Å². The van der Waals surface area contributed by atoms with Crippen LogP contribution in [0.5, 0.6) is 0 Å². The van der Waals surface area contributed by atoms with E-state index in [4.69, 9.17) is 0 Å². The number of rotatable bonds is 4. The van der Waals surface area contributed by atoms with Crippen molar-refractivity contribution in [1.29, 1.82) is 0 Å². The molecule has 0 spiro atoms. The second kappa shape index (κ2) is 7.22. The van der Waals surface area contributed by atoms with Crippen molar-refractivity contribution in [1.82, 2.24) is 0 Å². The first-order chi connectivity index (χ1) is 10.6. The lowest BCUT2D eigenvalue weighted by molar-refractivity contribution is -0.114. The first-order valence-electron chi connectivity index (χ1n) is 6.97. The summed E-state index contributed by atoms with van der Waals surface area (Å²) in [6.07, 6.45) is 3.24. The summed E-state index contributed by atoms with van der Waals surface area (Å²) >= 11 is 0. The lowest BCUT2D eigenvalue weighted by Gasteiger charge is -2.11. The third-order valence-electron chi connectivity index (χ3n) is 3.13. The molecule has 0 fully saturated rings. The molecule has 0 bridgehead atoms. The van der Waals surface area contributed by atoms with Crippen molar-refractivity contribution in [2.45, 2.75) is 13.8 Å². The van der Waals surface area contributed by atoms with Gasteiger partial charge in [-0.1, -0.05) is 36.4 Å². The molecule has 4 heteroatoms. The van der Waals surface area contributed by atoms with Gasteiger partial charge in [-0.25, -0.2) is 0 Å². The SMILES string of the molecule is CC(=O)Nc1cccc(NC(=O)C=Cc2ccccc2)c1C. The van der Waals surface area contributed by atoms with Gasteiger partial charge in [0.05, 0.1) is 0 Å². The summed E-state index contributed by atoms with van der Waals surface area (Å²) in [6, 6.07) is 15.0. The number of nitrogens with one attached hydrogen (secondary N) is 2. The van der Waals surface area contributed by atoms with Crippen LogP contribution in [0.4, 0.5) is 11.4 Å². The van der Waals surface area contributed by atoms with Gasteiger partial charge >= 0.3 is 0 Å². The number of carbonyl (C=O) groups is 2. The first-order valence-corrected chi connectivity index (χ1v) is 6.97. The Morgan fingerprint density at radius 1 is 0.909 bits per heavy atom. The molecule has 0 saturated heterocycles. The third-order valence-corrected chi connectivity index (χ3v) is 3.13. The minimum absolute atomic E-state index is 0.143. The smallest absolute Gasteiger partial charge is 0.248 e. The van der Waals surface area contributed by atoms with Crippen LogP contribution in [0, 0.1) is 6.92 Å². The maximum atomic E-state index is 12.0. The molecule has 0 aliphatic carbocycles. The van der Waals surface area contributed by atoms with Crippen molar-refractivity contribution in [3.05, 3.63) is 65.7 Å². The second-order valence-corrected chi connectivity index (χ2v) is 4.89. The van der Waals surface area contributed by atoms with Crippen molar-refractivity contribution in [2.75, 3.05) is 10.6 Å². The molecule has 0 unspecified atom stereocenters. The van der Waals surface area contributed by atoms with Crippen LogP contribution < -0.4 is 10.6 Å². The topological polar surface area (TPSA) is 58.2 Å². The summed E-state index contributed by atoms with van der Waals surface area (Å²) in [5.74, 6) is -0.359. The highest BCUT2D eigenvalue weighted by Crippen LogP contribution is 2.23. The fourth-order valence-corrected chi connectivity index (χ4v) is 2.01. The van der Waals surface area contributed by atoms with Gasteiger partial charge in [-0.3, -0.25) is 9.59 Å². The summed E-state index contributed by atoms with van der Waals surface area (Å²) in [6.45, 7) is 3.30. The van der Waals surface area contributed by atoms with Crippen molar-refractivity contribution < 1.29 is 9.59 Å². The molecule has 0 aromatic heterocycles. The Morgan fingerprint density at radius 2 is 1.55 bits per heavy atom. The van der Waals surface area contributed by atoms with E-state index in [1.54, 1.807) is 24.3 Å². The normalized spacial score (nSPS) is 10.5. The summed E-state index contributed by atoms with van der Waals surface area (Å²) in [5, 5.41) is 5.55. The fraction of sp³-hybridized carbons (Fsp3) is 0.111. The number of hydrogen-bond acceptors (Lipinski definition) is 2. The summed E-state index contributed by atoms with van der Waals surface area (Å²) in [7, 11) is 0. The molecule has 0 aliphatic heterocycles. The molecular formula is C18H18N2O2. The van der Waals surface area contributed by atoms with Crippen LogP contribution in [0.15, 0.2) is 54.6 Å². The van der Waals surface area contributed by atoms with Crippen LogP contribution in [0.3, 0.4) is 0 Å². The highest BCUT2D eigenvalue weighted by Gasteiger charge is 2.06. The molecule has 2 N–H and O–H groups in total. The van der Waals surface area contributed by atoms with Crippen molar-refractivity contribution in [2.24, 2.45) is 0 Å². The molecule has 112 valence electrons. The number of amides is 2. The van der Waals surface area contributed by atoms with Gasteiger partial charge in [0.2, 0.25) is 11.8 Å². The number of benzene rings is 2. The van der Waals surface area contributed by atoms with Crippen molar-refractivity contribution >= 4 is 29.3 Å². The van der Waals surface area contributed by atoms with E-state index in [0.717, 1.165) is 11.1 Å². The Hall–Kier alpha value is -2.88. The summed E-state index contributed by atoms with van der Waals surface area (Å²) in [5.41, 5.74) is 3.15. The maximum absolute atomic E-state index is 12.0. The minimum atomic E-state index is -0.216. The van der Waals surface area contributed by atoms with Gasteiger partial charge in [0, 0.05) is 24.4 Å². The summed E-state index contributed by atoms with van der Waals surface area (Å²) in [4.78, 5) is 23.1. The van der Waals surface area contributed by atoms with Gasteiger partial charge in [-0.2, -0.15) is 0 Å². The molecule has 0 atom stereocenters. The fourth-order valence-electron chi connectivity index (χ4n) is 2.01. The second-order valence-electron chi connectivity index (χ2n) is 4.89. The average molecular weight is 294 g/mol. The van der Waals surface area contributed by atoms with E-state index in [1.165, 1.54) is 13.0 Å². The van der Waals surface area contributed by atoms with E-state index >= 15 is 0 Å². The Morgan fingerprint density at radius 3 is 2.18 bits per heavy atom. The number of hydrogen-bond donors (Lipinski definition) is 2. The molecule has 0 heterocycles. The first kappa shape index (κ1) is 15.5. The summed E-state index contributed by atoms with van der Waals surface area (Å²) < 4.78 is 0. The Balaban J connectivity index is 2.09. The predicted molar refractivity (Wildman–Crippen MR) is 89.6 cm³/mol. The van der Waals surface area contributed by atoms with E-state index in [1.807, 2.05) is 37.3 Å². The lowest BCUT2D eigenvalue weighted by atomic mass is 10.1. The zero-order valence-electron chi connectivity index (χ0n) is 12.6. The van der Waals surface area contributed by atoms with E-state index in [0.29, 0.717) is 11.4 Å². The van der Waals surface area contributed by atoms with E-state index in [-0.39, 0.29) is 11.8 Å². The van der Waals surface area contributed by atoms with Gasteiger partial charge in [-0.15, -0.1) is 0 Å². The standard InChI is InChI=1S/C18H18N2O2/c1-13-16(19-14(2)21)9-6-10-17(13)20-18(22)12-11-15-7-4-3-5-8-15/h3-12H,1-2H3,(H,19,21)(H,20,22). The van der Waals surface area contributed by atoms with Crippen LogP contribution in [0.2, 0.25) is 0 Å². The van der Waals surface area contributed by atoms with Crippen LogP contribution in [0.25, 0.3) is 6.08 Å². The van der Waals surface area contributed by atoms with Gasteiger partial charge < -0.3 is 10.6 Å². The molecule has 4 nitrogen and oxygen atoms in total. The lowest BCUT2D eigenvalue weighted by Crippen LogP contribution is -2.12. The quantitative estimate of drug-likeness (QED) is 0.846. The zero-order chi connectivity index (χ0) is 15.9. The minimum Gasteiger partial charge on any atom is -0.326 e. The van der Waals surface area contributed by atoms with E-state index < -0.39 is 0 Å². The monoisotopic (exact) mass is 294 g/mol. The zero-order valence-corrected chi connectivity index (χ0v) is 12.6. The van der Waals surface area contributed by atoms with Crippen LogP contribution in [-0.4, -0.2) is 11.8 Å². The van der Waals surface area contributed by atoms with E-state index in [2.05, 4.69) is 10.6 Å². The largest absolute Gasteiger partial charge is 0.326 e. The molecule has 2 aromatic rings. The molecule has 2 amide bonds. The number of carbonyl (C=O) groups excluding carboxylic acids is 2. The maximum Gasteiger partial charge on any atom is 0.248 e. The predicted octanol–water partition coefficient (Wildman–Crippen LogP) is 3.61. The average Bonchev–Trinajstić information content (AvgIpc) is 2.50. The molecular weight excluding hydrogens is 276 g/mol. The van der Waals surface area contributed by atoms with Crippen molar-refractivity contribution in [3.8, 4) is 0 Å². The van der Waals surface area contributed by atoms with Gasteiger partial charge in [-0.05, 0) is 36.3 Å². The van der Waals surface area contributed by atoms with Crippen LogP contribution in [-0.2, 0) is 9.59 Å². The van der Waals surface area contributed by atoms with Crippen LogP contribution >= 0.6 is 0 Å². The highest BCUT2D eigenvalue weighted by molar-refractivity contribution is 6.03. The van der Waals surface area contributed by atoms with E-state index in [9.17, 15) is 9.59 Å².